The number of aromatic amines is 1. The molecule has 0 fully saturated rings. The maximum absolute atomic E-state index is 12.8. The molecule has 1 heterocycles. The first-order valence-electron chi connectivity index (χ1n) is 8.72. The zero-order valence-electron chi connectivity index (χ0n) is 15.0. The van der Waals surface area contributed by atoms with Crippen molar-refractivity contribution in [1.29, 1.82) is 0 Å². The highest BCUT2D eigenvalue weighted by atomic mass is 16.2. The molecular formula is C21H23N3O2. The number of benzene rings is 2. The lowest BCUT2D eigenvalue weighted by atomic mass is 10.0. The van der Waals surface area contributed by atoms with Gasteiger partial charge in [0.05, 0.1) is 6.04 Å². The zero-order chi connectivity index (χ0) is 18.5. The molecular weight excluding hydrogens is 326 g/mol. The lowest BCUT2D eigenvalue weighted by Crippen LogP contribution is -2.47. The first-order chi connectivity index (χ1) is 12.5. The molecule has 26 heavy (non-hydrogen) atoms. The van der Waals surface area contributed by atoms with Gasteiger partial charge in [-0.25, -0.2) is 0 Å². The molecule has 3 aromatic rings. The lowest BCUT2D eigenvalue weighted by molar-refractivity contribution is -0.128. The number of nitrogens with one attached hydrogen (secondary N) is 3. The molecule has 0 bridgehead atoms. The molecule has 5 nitrogen and oxygen atoms in total. The van der Waals surface area contributed by atoms with Crippen LogP contribution in [-0.2, 0) is 16.0 Å². The van der Waals surface area contributed by atoms with Crippen molar-refractivity contribution < 1.29 is 9.59 Å². The van der Waals surface area contributed by atoms with E-state index in [4.69, 9.17) is 0 Å². The Bertz CT molecular complexity index is 902. The highest BCUT2D eigenvalue weighted by molar-refractivity contribution is 5.89. The maximum Gasteiger partial charge on any atom is 0.243 e. The van der Waals surface area contributed by atoms with Crippen molar-refractivity contribution >= 4 is 22.7 Å². The van der Waals surface area contributed by atoms with Gasteiger partial charge in [-0.3, -0.25) is 9.59 Å². The predicted octanol–water partition coefficient (Wildman–Crippen LogP) is 3.09. The number of fused-ring (bicyclic) bond motifs is 1. The molecule has 0 radical (unpaired) electrons. The van der Waals surface area contributed by atoms with Crippen molar-refractivity contribution in [3.63, 3.8) is 0 Å². The second-order valence-corrected chi connectivity index (χ2v) is 6.46. The van der Waals surface area contributed by atoms with Gasteiger partial charge in [-0.2, -0.15) is 0 Å². The molecule has 0 saturated heterocycles. The zero-order valence-corrected chi connectivity index (χ0v) is 15.0. The number of aromatic nitrogens is 1. The van der Waals surface area contributed by atoms with Gasteiger partial charge in [0, 0.05) is 30.4 Å². The SMILES string of the molecule is CC(=O)N[C@H](Cc1c[nH]c2ccccc12)C(=O)N[C@H](C)c1ccccc1. The van der Waals surface area contributed by atoms with Crippen LogP contribution in [-0.4, -0.2) is 22.8 Å². The Morgan fingerprint density at radius 2 is 1.69 bits per heavy atom. The molecule has 0 saturated carbocycles. The van der Waals surface area contributed by atoms with E-state index >= 15 is 0 Å². The van der Waals surface area contributed by atoms with Crippen LogP contribution in [0, 0.1) is 0 Å². The summed E-state index contributed by atoms with van der Waals surface area (Å²) in [7, 11) is 0. The standard InChI is InChI=1S/C21H23N3O2/c1-14(16-8-4-3-5-9-16)23-21(26)20(24-15(2)25)12-17-13-22-19-11-7-6-10-18(17)19/h3-11,13-14,20,22H,12H2,1-2H3,(H,23,26)(H,24,25)/t14-,20-/m1/s1. The molecule has 3 N–H and O–H groups in total. The van der Waals surface area contributed by atoms with E-state index in [0.717, 1.165) is 22.0 Å². The third-order valence-corrected chi connectivity index (χ3v) is 4.45. The van der Waals surface area contributed by atoms with Crippen LogP contribution >= 0.6 is 0 Å². The number of hydrogen-bond donors (Lipinski definition) is 3. The molecule has 0 aliphatic heterocycles. The third kappa shape index (κ3) is 4.11. The van der Waals surface area contributed by atoms with Gasteiger partial charge in [0.15, 0.2) is 0 Å². The average molecular weight is 349 g/mol. The number of amides is 2. The van der Waals surface area contributed by atoms with Crippen molar-refractivity contribution in [2.75, 3.05) is 0 Å². The minimum Gasteiger partial charge on any atom is -0.361 e. The van der Waals surface area contributed by atoms with E-state index < -0.39 is 6.04 Å². The van der Waals surface area contributed by atoms with E-state index in [9.17, 15) is 9.59 Å². The Labute approximate surface area is 152 Å². The van der Waals surface area contributed by atoms with E-state index in [1.807, 2.05) is 67.7 Å². The molecule has 1 aromatic heterocycles. The highest BCUT2D eigenvalue weighted by Gasteiger charge is 2.23. The van der Waals surface area contributed by atoms with Crippen molar-refractivity contribution in [1.82, 2.24) is 15.6 Å². The van der Waals surface area contributed by atoms with Gasteiger partial charge in [0.2, 0.25) is 11.8 Å². The molecule has 3 rings (SSSR count). The summed E-state index contributed by atoms with van der Waals surface area (Å²) < 4.78 is 0. The molecule has 2 aromatic carbocycles. The smallest absolute Gasteiger partial charge is 0.243 e. The Morgan fingerprint density at radius 1 is 1.00 bits per heavy atom. The first kappa shape index (κ1) is 17.7. The van der Waals surface area contributed by atoms with Crippen LogP contribution in [0.3, 0.4) is 0 Å². The normalized spacial score (nSPS) is 13.2. The molecule has 5 heteroatoms. The van der Waals surface area contributed by atoms with E-state index in [1.165, 1.54) is 6.92 Å². The van der Waals surface area contributed by atoms with Gasteiger partial charge < -0.3 is 15.6 Å². The Kier molecular flexibility index (Phi) is 5.37. The number of para-hydroxylation sites is 1. The number of carbonyl (C=O) groups excluding carboxylic acids is 2. The summed E-state index contributed by atoms with van der Waals surface area (Å²) in [4.78, 5) is 27.6. The summed E-state index contributed by atoms with van der Waals surface area (Å²) in [6.07, 6.45) is 2.32. The van der Waals surface area contributed by atoms with Gasteiger partial charge >= 0.3 is 0 Å². The number of hydrogen-bond acceptors (Lipinski definition) is 2. The molecule has 2 amide bonds. The molecule has 0 spiro atoms. The second kappa shape index (κ2) is 7.87. The average Bonchev–Trinajstić information content (AvgIpc) is 3.04. The van der Waals surface area contributed by atoms with Gasteiger partial charge in [-0.15, -0.1) is 0 Å². The van der Waals surface area contributed by atoms with Crippen LogP contribution in [0.2, 0.25) is 0 Å². The first-order valence-corrected chi connectivity index (χ1v) is 8.72. The lowest BCUT2D eigenvalue weighted by Gasteiger charge is -2.21. The minimum absolute atomic E-state index is 0.136. The predicted molar refractivity (Wildman–Crippen MR) is 103 cm³/mol. The molecule has 134 valence electrons. The Balaban J connectivity index is 1.77. The minimum atomic E-state index is -0.627. The van der Waals surface area contributed by atoms with Crippen LogP contribution in [0.4, 0.5) is 0 Å². The summed E-state index contributed by atoms with van der Waals surface area (Å²) in [6, 6.07) is 16.9. The largest absolute Gasteiger partial charge is 0.361 e. The van der Waals surface area contributed by atoms with E-state index in [1.54, 1.807) is 0 Å². The summed E-state index contributed by atoms with van der Waals surface area (Å²) >= 11 is 0. The monoisotopic (exact) mass is 349 g/mol. The molecule has 0 aliphatic rings. The van der Waals surface area contributed by atoms with Gasteiger partial charge in [-0.05, 0) is 24.1 Å². The van der Waals surface area contributed by atoms with Crippen LogP contribution in [0.5, 0.6) is 0 Å². The van der Waals surface area contributed by atoms with Crippen molar-refractivity contribution in [2.45, 2.75) is 32.4 Å². The second-order valence-electron chi connectivity index (χ2n) is 6.46. The Morgan fingerprint density at radius 3 is 2.42 bits per heavy atom. The summed E-state index contributed by atoms with van der Waals surface area (Å²) in [6.45, 7) is 3.36. The third-order valence-electron chi connectivity index (χ3n) is 4.45. The summed E-state index contributed by atoms with van der Waals surface area (Å²) in [5.41, 5.74) is 3.04. The number of rotatable bonds is 6. The maximum atomic E-state index is 12.8. The van der Waals surface area contributed by atoms with Crippen molar-refractivity contribution in [2.24, 2.45) is 0 Å². The summed E-state index contributed by atoms with van der Waals surface area (Å²) in [5, 5.41) is 6.83. The van der Waals surface area contributed by atoms with Gasteiger partial charge in [-0.1, -0.05) is 48.5 Å². The quantitative estimate of drug-likeness (QED) is 0.640. The van der Waals surface area contributed by atoms with Crippen LogP contribution in [0.1, 0.15) is 31.0 Å². The number of H-pyrrole nitrogens is 1. The van der Waals surface area contributed by atoms with Gasteiger partial charge in [0.25, 0.3) is 0 Å². The number of carbonyl (C=O) groups is 2. The van der Waals surface area contributed by atoms with Gasteiger partial charge in [0.1, 0.15) is 6.04 Å². The van der Waals surface area contributed by atoms with Crippen molar-refractivity contribution in [3.8, 4) is 0 Å². The van der Waals surface area contributed by atoms with E-state index in [-0.39, 0.29) is 17.9 Å². The van der Waals surface area contributed by atoms with Crippen LogP contribution in [0.25, 0.3) is 10.9 Å². The summed E-state index contributed by atoms with van der Waals surface area (Å²) in [5.74, 6) is -0.417. The topological polar surface area (TPSA) is 74.0 Å². The Hall–Kier alpha value is -3.08. The van der Waals surface area contributed by atoms with Crippen LogP contribution < -0.4 is 10.6 Å². The molecule has 0 aliphatic carbocycles. The fourth-order valence-electron chi connectivity index (χ4n) is 3.11. The molecule has 0 unspecified atom stereocenters. The fraction of sp³-hybridized carbons (Fsp3) is 0.238. The van der Waals surface area contributed by atoms with Crippen LogP contribution in [0.15, 0.2) is 60.8 Å². The van der Waals surface area contributed by atoms with E-state index in [0.29, 0.717) is 6.42 Å². The molecule has 2 atom stereocenters. The fourth-order valence-corrected chi connectivity index (χ4v) is 3.11. The highest BCUT2D eigenvalue weighted by Crippen LogP contribution is 2.19. The van der Waals surface area contributed by atoms with E-state index in [2.05, 4.69) is 15.6 Å². The van der Waals surface area contributed by atoms with Crippen molar-refractivity contribution in [3.05, 3.63) is 71.9 Å².